The number of hydrogen-bond donors (Lipinski definition) is 2. The van der Waals surface area contributed by atoms with Crippen LogP contribution < -0.4 is 5.32 Å². The molecule has 0 heterocycles. The first-order valence-corrected chi connectivity index (χ1v) is 6.59. The summed E-state index contributed by atoms with van der Waals surface area (Å²) < 4.78 is 27.3. The lowest BCUT2D eigenvalue weighted by atomic mass is 10.1. The fourth-order valence-electron chi connectivity index (χ4n) is 2.09. The molecule has 0 aromatic heterocycles. The highest BCUT2D eigenvalue weighted by Gasteiger charge is 2.29. The maximum atomic E-state index is 13.7. The fraction of sp³-hybridized carbons (Fsp3) is 0.500. The maximum Gasteiger partial charge on any atom is 0.338 e. The summed E-state index contributed by atoms with van der Waals surface area (Å²) in [4.78, 5) is 12.9. The van der Waals surface area contributed by atoms with E-state index in [9.17, 15) is 13.6 Å². The minimum atomic E-state index is -1.48. The van der Waals surface area contributed by atoms with Crippen LogP contribution in [0, 0.1) is 11.6 Å². The third-order valence-corrected chi connectivity index (χ3v) is 3.72. The quantitative estimate of drug-likeness (QED) is 0.843. The van der Waals surface area contributed by atoms with Crippen molar-refractivity contribution in [1.82, 2.24) is 4.90 Å². The third-order valence-electron chi connectivity index (χ3n) is 3.72. The highest BCUT2D eigenvalue weighted by Crippen LogP contribution is 2.27. The van der Waals surface area contributed by atoms with Gasteiger partial charge in [-0.1, -0.05) is 0 Å². The van der Waals surface area contributed by atoms with Gasteiger partial charge in [-0.3, -0.25) is 4.90 Å². The fourth-order valence-corrected chi connectivity index (χ4v) is 2.09. The molecule has 1 aliphatic rings. The van der Waals surface area contributed by atoms with E-state index in [4.69, 9.17) is 5.11 Å². The summed E-state index contributed by atoms with van der Waals surface area (Å²) in [7, 11) is 2.01. The Labute approximate surface area is 116 Å². The van der Waals surface area contributed by atoms with Crippen LogP contribution in [0.3, 0.4) is 0 Å². The van der Waals surface area contributed by atoms with Crippen LogP contribution in [0.2, 0.25) is 0 Å². The van der Waals surface area contributed by atoms with Gasteiger partial charge in [0.15, 0.2) is 11.6 Å². The Morgan fingerprint density at radius 2 is 2.10 bits per heavy atom. The minimum absolute atomic E-state index is 0.0106. The van der Waals surface area contributed by atoms with Crippen molar-refractivity contribution in [3.63, 3.8) is 0 Å². The van der Waals surface area contributed by atoms with Gasteiger partial charge >= 0.3 is 5.97 Å². The Morgan fingerprint density at radius 3 is 2.65 bits per heavy atom. The largest absolute Gasteiger partial charge is 0.478 e. The zero-order chi connectivity index (χ0) is 14.9. The van der Waals surface area contributed by atoms with E-state index in [0.717, 1.165) is 6.07 Å². The SMILES string of the molecule is CC(CNc1ccc(C(=O)O)c(F)c1F)N(C)C1CC1. The van der Waals surface area contributed by atoms with Gasteiger partial charge in [-0.05, 0) is 38.9 Å². The average Bonchev–Trinajstić information content (AvgIpc) is 3.23. The molecule has 1 fully saturated rings. The first kappa shape index (κ1) is 14.7. The number of carboxylic acid groups (broad SMARTS) is 1. The molecule has 0 amide bonds. The first-order valence-electron chi connectivity index (χ1n) is 6.59. The molecule has 1 aromatic carbocycles. The molecule has 4 nitrogen and oxygen atoms in total. The van der Waals surface area contributed by atoms with Gasteiger partial charge in [-0.2, -0.15) is 0 Å². The Balaban J connectivity index is 2.02. The first-order chi connectivity index (χ1) is 9.41. The minimum Gasteiger partial charge on any atom is -0.478 e. The number of likely N-dealkylation sites (N-methyl/N-ethyl adjacent to an activating group) is 1. The molecule has 0 saturated heterocycles. The Kier molecular flexibility index (Phi) is 4.23. The lowest BCUT2D eigenvalue weighted by Crippen LogP contribution is -2.36. The van der Waals surface area contributed by atoms with Crippen molar-refractivity contribution < 1.29 is 18.7 Å². The van der Waals surface area contributed by atoms with Gasteiger partial charge in [0.1, 0.15) is 0 Å². The third kappa shape index (κ3) is 3.07. The van der Waals surface area contributed by atoms with Gasteiger partial charge in [0, 0.05) is 18.6 Å². The highest BCUT2D eigenvalue weighted by atomic mass is 19.2. The van der Waals surface area contributed by atoms with Gasteiger partial charge in [0.25, 0.3) is 0 Å². The zero-order valence-electron chi connectivity index (χ0n) is 11.5. The number of halogens is 2. The Morgan fingerprint density at radius 1 is 1.45 bits per heavy atom. The van der Waals surface area contributed by atoms with Crippen LogP contribution in [0.4, 0.5) is 14.5 Å². The van der Waals surface area contributed by atoms with Crippen LogP contribution in [0.1, 0.15) is 30.1 Å². The molecule has 0 radical (unpaired) electrons. The highest BCUT2D eigenvalue weighted by molar-refractivity contribution is 5.88. The molecular formula is C14H18F2N2O2. The van der Waals surface area contributed by atoms with Gasteiger partial charge in [0.05, 0.1) is 11.3 Å². The second-order valence-electron chi connectivity index (χ2n) is 5.22. The van der Waals surface area contributed by atoms with Crippen molar-refractivity contribution in [3.8, 4) is 0 Å². The summed E-state index contributed by atoms with van der Waals surface area (Å²) in [6.07, 6.45) is 2.36. The average molecular weight is 284 g/mol. The van der Waals surface area contributed by atoms with Crippen LogP contribution >= 0.6 is 0 Å². The van der Waals surface area contributed by atoms with E-state index in [1.165, 1.54) is 18.9 Å². The number of anilines is 1. The van der Waals surface area contributed by atoms with E-state index in [1.807, 2.05) is 14.0 Å². The monoisotopic (exact) mass is 284 g/mol. The summed E-state index contributed by atoms with van der Waals surface area (Å²) in [6.45, 7) is 2.47. The summed E-state index contributed by atoms with van der Waals surface area (Å²) in [6, 6.07) is 3.09. The van der Waals surface area contributed by atoms with E-state index >= 15 is 0 Å². The number of rotatable bonds is 6. The molecule has 6 heteroatoms. The molecule has 2 N–H and O–H groups in total. The van der Waals surface area contributed by atoms with Gasteiger partial charge < -0.3 is 10.4 Å². The van der Waals surface area contributed by atoms with E-state index in [-0.39, 0.29) is 11.7 Å². The lowest BCUT2D eigenvalue weighted by Gasteiger charge is -2.25. The second kappa shape index (κ2) is 5.75. The van der Waals surface area contributed by atoms with Crippen LogP contribution in [0.5, 0.6) is 0 Å². The topological polar surface area (TPSA) is 52.6 Å². The molecule has 1 atom stereocenters. The number of carboxylic acids is 1. The molecule has 1 unspecified atom stereocenters. The Hall–Kier alpha value is -1.69. The molecule has 1 aromatic rings. The van der Waals surface area contributed by atoms with Crippen LogP contribution in [-0.4, -0.2) is 41.7 Å². The van der Waals surface area contributed by atoms with Crippen molar-refractivity contribution in [1.29, 1.82) is 0 Å². The normalized spacial score (nSPS) is 16.2. The molecule has 0 bridgehead atoms. The van der Waals surface area contributed by atoms with E-state index in [1.54, 1.807) is 0 Å². The smallest absolute Gasteiger partial charge is 0.338 e. The summed E-state index contributed by atoms with van der Waals surface area (Å²) in [5.74, 6) is -3.95. The van der Waals surface area contributed by atoms with Crippen LogP contribution in [0.25, 0.3) is 0 Å². The predicted octanol–water partition coefficient (Wildman–Crippen LogP) is 2.56. The van der Waals surface area contributed by atoms with Crippen LogP contribution in [-0.2, 0) is 0 Å². The van der Waals surface area contributed by atoms with Crippen molar-refractivity contribution in [3.05, 3.63) is 29.3 Å². The van der Waals surface area contributed by atoms with Crippen LogP contribution in [0.15, 0.2) is 12.1 Å². The number of benzene rings is 1. The van der Waals surface area contributed by atoms with E-state index < -0.39 is 23.2 Å². The predicted molar refractivity (Wildman–Crippen MR) is 72.1 cm³/mol. The maximum absolute atomic E-state index is 13.7. The van der Waals surface area contributed by atoms with Gasteiger partial charge in [0.2, 0.25) is 0 Å². The molecule has 0 spiro atoms. The number of nitrogens with zero attached hydrogens (tertiary/aromatic N) is 1. The molecule has 1 saturated carbocycles. The summed E-state index contributed by atoms with van der Waals surface area (Å²) >= 11 is 0. The molecule has 20 heavy (non-hydrogen) atoms. The van der Waals surface area contributed by atoms with Gasteiger partial charge in [-0.25, -0.2) is 13.6 Å². The summed E-state index contributed by atoms with van der Waals surface area (Å²) in [5.41, 5.74) is -0.667. The van der Waals surface area contributed by atoms with Gasteiger partial charge in [-0.15, -0.1) is 0 Å². The molecule has 0 aliphatic heterocycles. The molecule has 2 rings (SSSR count). The van der Waals surface area contributed by atoms with Crippen molar-refractivity contribution >= 4 is 11.7 Å². The molecule has 110 valence electrons. The number of aromatic carboxylic acids is 1. The summed E-state index contributed by atoms with van der Waals surface area (Å²) in [5, 5.41) is 11.5. The van der Waals surface area contributed by atoms with E-state index in [2.05, 4.69) is 10.2 Å². The number of carbonyl (C=O) groups is 1. The Bertz CT molecular complexity index is 518. The van der Waals surface area contributed by atoms with Crippen molar-refractivity contribution in [2.45, 2.75) is 31.8 Å². The standard InChI is InChI=1S/C14H18F2N2O2/c1-8(18(2)9-3-4-9)7-17-11-6-5-10(14(19)20)12(15)13(11)16/h5-6,8-9,17H,3-4,7H2,1-2H3,(H,19,20). The van der Waals surface area contributed by atoms with Crippen molar-refractivity contribution in [2.24, 2.45) is 0 Å². The molecular weight excluding hydrogens is 266 g/mol. The second-order valence-corrected chi connectivity index (χ2v) is 5.22. The zero-order valence-corrected chi connectivity index (χ0v) is 11.5. The number of hydrogen-bond acceptors (Lipinski definition) is 3. The van der Waals surface area contributed by atoms with E-state index in [0.29, 0.717) is 12.6 Å². The van der Waals surface area contributed by atoms with Crippen molar-refractivity contribution in [2.75, 3.05) is 18.9 Å². The lowest BCUT2D eigenvalue weighted by molar-refractivity contribution is 0.0690. The number of nitrogens with one attached hydrogen (secondary N) is 1. The molecule has 1 aliphatic carbocycles.